The van der Waals surface area contributed by atoms with Crippen LogP contribution in [0.4, 0.5) is 4.39 Å². The third kappa shape index (κ3) is 2.59. The van der Waals surface area contributed by atoms with Gasteiger partial charge in [-0.25, -0.2) is 4.39 Å². The maximum atomic E-state index is 13.1. The quantitative estimate of drug-likeness (QED) is 0.695. The van der Waals surface area contributed by atoms with Gasteiger partial charge < -0.3 is 14.5 Å². The van der Waals surface area contributed by atoms with Crippen LogP contribution in [0.5, 0.6) is 0 Å². The molecule has 3 aromatic rings. The molecule has 21 heavy (non-hydrogen) atoms. The molecule has 0 bridgehead atoms. The zero-order valence-corrected chi connectivity index (χ0v) is 10.8. The molecule has 0 aliphatic carbocycles. The van der Waals surface area contributed by atoms with Gasteiger partial charge in [-0.2, -0.15) is 0 Å². The standard InChI is InChI=1S/C15H10BFO4/c17-11-4-5-14-12(7-11)13(18)8-15(21-14)9-2-1-3-10(6-9)16(19)20/h1-8,19-20H. The van der Waals surface area contributed by atoms with E-state index >= 15 is 0 Å². The molecule has 104 valence electrons. The Bertz CT molecular complexity index is 873. The van der Waals surface area contributed by atoms with Gasteiger partial charge in [0.2, 0.25) is 0 Å². The molecule has 1 heterocycles. The largest absolute Gasteiger partial charge is 0.488 e. The van der Waals surface area contributed by atoms with E-state index in [2.05, 4.69) is 0 Å². The molecule has 6 heteroatoms. The van der Waals surface area contributed by atoms with Crippen molar-refractivity contribution in [2.24, 2.45) is 0 Å². The van der Waals surface area contributed by atoms with E-state index in [-0.39, 0.29) is 27.6 Å². The SMILES string of the molecule is O=c1cc(-c2cccc(B(O)O)c2)oc2ccc(F)cc12. The average Bonchev–Trinajstić information content (AvgIpc) is 2.48. The van der Waals surface area contributed by atoms with Gasteiger partial charge in [0, 0.05) is 11.6 Å². The van der Waals surface area contributed by atoms with E-state index in [1.54, 1.807) is 18.2 Å². The van der Waals surface area contributed by atoms with Crippen LogP contribution in [0.2, 0.25) is 0 Å². The number of fused-ring (bicyclic) bond motifs is 1. The lowest BCUT2D eigenvalue weighted by molar-refractivity contribution is 0.426. The highest BCUT2D eigenvalue weighted by Gasteiger charge is 2.13. The highest BCUT2D eigenvalue weighted by atomic mass is 19.1. The summed E-state index contributed by atoms with van der Waals surface area (Å²) in [5.41, 5.74) is 0.729. The summed E-state index contributed by atoms with van der Waals surface area (Å²) in [7, 11) is -1.61. The van der Waals surface area contributed by atoms with Crippen molar-refractivity contribution < 1.29 is 18.9 Å². The summed E-state index contributed by atoms with van der Waals surface area (Å²) < 4.78 is 18.7. The minimum absolute atomic E-state index is 0.164. The fourth-order valence-electron chi connectivity index (χ4n) is 2.12. The van der Waals surface area contributed by atoms with Crippen LogP contribution >= 0.6 is 0 Å². The summed E-state index contributed by atoms with van der Waals surface area (Å²) in [4.78, 5) is 12.0. The molecule has 0 spiro atoms. The zero-order valence-electron chi connectivity index (χ0n) is 10.8. The van der Waals surface area contributed by atoms with Gasteiger partial charge in [-0.1, -0.05) is 24.3 Å². The Kier molecular flexibility index (Phi) is 3.33. The van der Waals surface area contributed by atoms with Crippen LogP contribution in [0.1, 0.15) is 0 Å². The van der Waals surface area contributed by atoms with Gasteiger partial charge in [0.1, 0.15) is 17.2 Å². The number of rotatable bonds is 2. The Hall–Kier alpha value is -2.44. The lowest BCUT2D eigenvalue weighted by Crippen LogP contribution is -2.29. The van der Waals surface area contributed by atoms with Crippen molar-refractivity contribution in [2.75, 3.05) is 0 Å². The first-order valence-corrected chi connectivity index (χ1v) is 6.24. The van der Waals surface area contributed by atoms with Gasteiger partial charge in [0.05, 0.1) is 5.39 Å². The Labute approximate surface area is 119 Å². The van der Waals surface area contributed by atoms with Crippen molar-refractivity contribution in [1.29, 1.82) is 0 Å². The molecule has 1 aromatic heterocycles. The molecule has 2 aromatic carbocycles. The minimum Gasteiger partial charge on any atom is -0.456 e. The molecule has 0 atom stereocenters. The van der Waals surface area contributed by atoms with Gasteiger partial charge in [0.15, 0.2) is 5.43 Å². The van der Waals surface area contributed by atoms with Gasteiger partial charge in [0.25, 0.3) is 0 Å². The normalized spacial score (nSPS) is 10.8. The van der Waals surface area contributed by atoms with Crippen LogP contribution in [-0.2, 0) is 0 Å². The average molecular weight is 284 g/mol. The summed E-state index contributed by atoms with van der Waals surface area (Å²) in [5, 5.41) is 18.5. The molecule has 3 rings (SSSR count). The molecule has 2 N–H and O–H groups in total. The molecule has 4 nitrogen and oxygen atoms in total. The van der Waals surface area contributed by atoms with E-state index in [0.717, 1.165) is 6.07 Å². The topological polar surface area (TPSA) is 70.7 Å². The predicted molar refractivity (Wildman–Crippen MR) is 77.7 cm³/mol. The van der Waals surface area contributed by atoms with Crippen LogP contribution in [0.3, 0.4) is 0 Å². The van der Waals surface area contributed by atoms with Crippen molar-refractivity contribution in [1.82, 2.24) is 0 Å². The monoisotopic (exact) mass is 284 g/mol. The highest BCUT2D eigenvalue weighted by molar-refractivity contribution is 6.58. The molecular formula is C15H10BFO4. The van der Waals surface area contributed by atoms with Crippen molar-refractivity contribution in [2.45, 2.75) is 0 Å². The molecule has 0 unspecified atom stereocenters. The lowest BCUT2D eigenvalue weighted by Gasteiger charge is -2.05. The van der Waals surface area contributed by atoms with Crippen LogP contribution in [0.15, 0.2) is 57.7 Å². The second-order valence-electron chi connectivity index (χ2n) is 4.61. The second kappa shape index (κ2) is 5.16. The summed E-state index contributed by atoms with van der Waals surface area (Å²) in [6.45, 7) is 0. The first kappa shape index (κ1) is 13.5. The number of hydrogen-bond acceptors (Lipinski definition) is 4. The van der Waals surface area contributed by atoms with Gasteiger partial charge in [-0.15, -0.1) is 0 Å². The molecule has 0 aliphatic heterocycles. The van der Waals surface area contributed by atoms with Crippen LogP contribution in [0, 0.1) is 5.82 Å². The number of benzene rings is 2. The van der Waals surface area contributed by atoms with E-state index in [1.165, 1.54) is 24.3 Å². The first-order valence-electron chi connectivity index (χ1n) is 6.24. The highest BCUT2D eigenvalue weighted by Crippen LogP contribution is 2.21. The Morgan fingerprint density at radius 1 is 1.05 bits per heavy atom. The maximum absolute atomic E-state index is 13.1. The zero-order chi connectivity index (χ0) is 15.0. The summed E-state index contributed by atoms with van der Waals surface area (Å²) in [6, 6.07) is 11.3. The van der Waals surface area contributed by atoms with Crippen LogP contribution < -0.4 is 10.9 Å². The Balaban J connectivity index is 2.19. The van der Waals surface area contributed by atoms with E-state index < -0.39 is 12.9 Å². The van der Waals surface area contributed by atoms with E-state index in [1.807, 2.05) is 0 Å². The smallest absolute Gasteiger partial charge is 0.456 e. The van der Waals surface area contributed by atoms with Gasteiger partial charge in [-0.3, -0.25) is 4.79 Å². The van der Waals surface area contributed by atoms with Crippen molar-refractivity contribution in [3.8, 4) is 11.3 Å². The van der Waals surface area contributed by atoms with Gasteiger partial charge in [-0.05, 0) is 23.7 Å². The maximum Gasteiger partial charge on any atom is 0.488 e. The Morgan fingerprint density at radius 3 is 2.62 bits per heavy atom. The van der Waals surface area contributed by atoms with E-state index in [0.29, 0.717) is 5.56 Å². The van der Waals surface area contributed by atoms with Crippen LogP contribution in [-0.4, -0.2) is 17.2 Å². The summed E-state index contributed by atoms with van der Waals surface area (Å²) in [5.74, 6) is -0.227. The number of hydrogen-bond donors (Lipinski definition) is 2. The number of halogens is 1. The molecule has 0 amide bonds. The van der Waals surface area contributed by atoms with E-state index in [9.17, 15) is 19.2 Å². The molecular weight excluding hydrogens is 274 g/mol. The van der Waals surface area contributed by atoms with Crippen LogP contribution in [0.25, 0.3) is 22.3 Å². The molecule has 0 fully saturated rings. The third-order valence-electron chi connectivity index (χ3n) is 3.16. The predicted octanol–water partition coefficient (Wildman–Crippen LogP) is 1.28. The molecule has 0 saturated carbocycles. The summed E-state index contributed by atoms with van der Waals surface area (Å²) >= 11 is 0. The fourth-order valence-corrected chi connectivity index (χ4v) is 2.12. The third-order valence-corrected chi connectivity index (χ3v) is 3.16. The summed E-state index contributed by atoms with van der Waals surface area (Å²) in [6.07, 6.45) is 0. The molecule has 0 aliphatic rings. The van der Waals surface area contributed by atoms with Gasteiger partial charge >= 0.3 is 7.12 Å². The lowest BCUT2D eigenvalue weighted by atomic mass is 9.79. The van der Waals surface area contributed by atoms with Crippen molar-refractivity contribution in [3.05, 3.63) is 64.6 Å². The first-order chi connectivity index (χ1) is 10.0. The molecule has 0 saturated heterocycles. The minimum atomic E-state index is -1.61. The molecule has 0 radical (unpaired) electrons. The Morgan fingerprint density at radius 2 is 1.86 bits per heavy atom. The van der Waals surface area contributed by atoms with Crippen molar-refractivity contribution >= 4 is 23.6 Å². The van der Waals surface area contributed by atoms with Crippen molar-refractivity contribution in [3.63, 3.8) is 0 Å². The second-order valence-corrected chi connectivity index (χ2v) is 4.61. The fraction of sp³-hybridized carbons (Fsp3) is 0. The van der Waals surface area contributed by atoms with E-state index in [4.69, 9.17) is 4.42 Å².